The first kappa shape index (κ1) is 15.7. The molecule has 5 nitrogen and oxygen atoms in total. The Labute approximate surface area is 138 Å². The van der Waals surface area contributed by atoms with Gasteiger partial charge >= 0.3 is 0 Å². The van der Waals surface area contributed by atoms with Crippen LogP contribution >= 0.6 is 0 Å². The van der Waals surface area contributed by atoms with Crippen LogP contribution in [0.1, 0.15) is 17.5 Å². The molecule has 1 aromatic heterocycles. The maximum absolute atomic E-state index is 4.34. The number of aromatic nitrogens is 2. The number of anilines is 2. The number of nitrogens with one attached hydrogen (secondary N) is 1. The van der Waals surface area contributed by atoms with Crippen molar-refractivity contribution in [3.63, 3.8) is 0 Å². The summed E-state index contributed by atoms with van der Waals surface area (Å²) in [7, 11) is 3.98. The predicted molar refractivity (Wildman–Crippen MR) is 94.8 cm³/mol. The Morgan fingerprint density at radius 1 is 1.26 bits per heavy atom. The number of hydrogen-bond donors (Lipinski definition) is 1. The van der Waals surface area contributed by atoms with Crippen LogP contribution in [0.5, 0.6) is 0 Å². The van der Waals surface area contributed by atoms with E-state index in [9.17, 15) is 0 Å². The first-order valence-corrected chi connectivity index (χ1v) is 8.14. The summed E-state index contributed by atoms with van der Waals surface area (Å²) in [5, 5.41) is 3.54. The fraction of sp³-hybridized carbons (Fsp3) is 0.444. The Bertz CT molecular complexity index is 655. The maximum Gasteiger partial charge on any atom is 0.133 e. The van der Waals surface area contributed by atoms with Crippen LogP contribution in [0.2, 0.25) is 0 Å². The third kappa shape index (κ3) is 4.20. The molecule has 2 heterocycles. The van der Waals surface area contributed by atoms with Gasteiger partial charge in [-0.05, 0) is 18.9 Å². The van der Waals surface area contributed by atoms with Crippen molar-refractivity contribution in [1.82, 2.24) is 14.9 Å². The summed E-state index contributed by atoms with van der Waals surface area (Å²) < 4.78 is 0. The number of likely N-dealkylation sites (tertiary alicyclic amines) is 1. The van der Waals surface area contributed by atoms with Crippen molar-refractivity contribution in [2.45, 2.75) is 25.9 Å². The Morgan fingerprint density at radius 2 is 2.13 bits per heavy atom. The van der Waals surface area contributed by atoms with Gasteiger partial charge in [0.2, 0.25) is 0 Å². The molecule has 1 unspecified atom stereocenters. The minimum Gasteiger partial charge on any atom is -0.366 e. The zero-order valence-electron chi connectivity index (χ0n) is 14.2. The normalized spacial score (nSPS) is 18.1. The van der Waals surface area contributed by atoms with Crippen molar-refractivity contribution in [2.75, 3.05) is 37.4 Å². The van der Waals surface area contributed by atoms with Crippen molar-refractivity contribution in [2.24, 2.45) is 0 Å². The summed E-state index contributed by atoms with van der Waals surface area (Å²) in [6, 6.07) is 11.2. The molecule has 0 amide bonds. The molecule has 1 atom stereocenters. The number of aryl methyl sites for hydroxylation is 1. The smallest absolute Gasteiger partial charge is 0.133 e. The van der Waals surface area contributed by atoms with Crippen LogP contribution in [0, 0.1) is 6.92 Å². The van der Waals surface area contributed by atoms with Gasteiger partial charge in [-0.25, -0.2) is 9.97 Å². The highest BCUT2D eigenvalue weighted by molar-refractivity contribution is 5.48. The maximum atomic E-state index is 4.34. The average molecular weight is 311 g/mol. The molecule has 0 spiro atoms. The summed E-state index contributed by atoms with van der Waals surface area (Å²) in [5.41, 5.74) is 2.72. The molecule has 1 N–H and O–H groups in total. The van der Waals surface area contributed by atoms with Gasteiger partial charge in [0.15, 0.2) is 0 Å². The second-order valence-corrected chi connectivity index (χ2v) is 6.51. The average Bonchev–Trinajstić information content (AvgIpc) is 2.94. The molecule has 1 aliphatic heterocycles. The lowest BCUT2D eigenvalue weighted by Crippen LogP contribution is -2.26. The van der Waals surface area contributed by atoms with Crippen LogP contribution in [0.4, 0.5) is 11.6 Å². The zero-order valence-corrected chi connectivity index (χ0v) is 14.2. The minimum absolute atomic E-state index is 0.449. The first-order valence-electron chi connectivity index (χ1n) is 8.14. The first-order chi connectivity index (χ1) is 11.1. The summed E-state index contributed by atoms with van der Waals surface area (Å²) in [6.07, 6.45) is 2.77. The van der Waals surface area contributed by atoms with Gasteiger partial charge in [-0.3, -0.25) is 4.90 Å². The van der Waals surface area contributed by atoms with Gasteiger partial charge in [-0.1, -0.05) is 29.8 Å². The summed E-state index contributed by atoms with van der Waals surface area (Å²) in [5.74, 6) is 1.84. The molecule has 0 radical (unpaired) electrons. The van der Waals surface area contributed by atoms with Crippen molar-refractivity contribution in [1.29, 1.82) is 0 Å². The molecule has 1 aliphatic rings. The van der Waals surface area contributed by atoms with Crippen molar-refractivity contribution in [3.8, 4) is 0 Å². The third-order valence-corrected chi connectivity index (χ3v) is 4.22. The molecular weight excluding hydrogens is 286 g/mol. The molecule has 23 heavy (non-hydrogen) atoms. The second-order valence-electron chi connectivity index (χ2n) is 6.51. The molecular formula is C18H25N5. The lowest BCUT2D eigenvalue weighted by atomic mass is 10.1. The van der Waals surface area contributed by atoms with Gasteiger partial charge in [0.25, 0.3) is 0 Å². The lowest BCUT2D eigenvalue weighted by molar-refractivity contribution is 0.328. The quantitative estimate of drug-likeness (QED) is 0.919. The van der Waals surface area contributed by atoms with E-state index in [4.69, 9.17) is 0 Å². The fourth-order valence-electron chi connectivity index (χ4n) is 3.04. The van der Waals surface area contributed by atoms with E-state index in [1.165, 1.54) is 11.1 Å². The predicted octanol–water partition coefficient (Wildman–Crippen LogP) is 2.54. The van der Waals surface area contributed by atoms with E-state index >= 15 is 0 Å². The van der Waals surface area contributed by atoms with Crippen LogP contribution in [0.25, 0.3) is 0 Å². The Kier molecular flexibility index (Phi) is 4.76. The van der Waals surface area contributed by atoms with Crippen LogP contribution in [0.3, 0.4) is 0 Å². The second kappa shape index (κ2) is 6.96. The van der Waals surface area contributed by atoms with Crippen molar-refractivity contribution >= 4 is 11.6 Å². The zero-order chi connectivity index (χ0) is 16.2. The van der Waals surface area contributed by atoms with E-state index in [1.54, 1.807) is 6.33 Å². The number of hydrogen-bond acceptors (Lipinski definition) is 5. The van der Waals surface area contributed by atoms with E-state index in [0.29, 0.717) is 6.04 Å². The topological polar surface area (TPSA) is 44.3 Å². The Balaban J connectivity index is 1.56. The monoisotopic (exact) mass is 311 g/mol. The largest absolute Gasteiger partial charge is 0.366 e. The SMILES string of the molecule is Cc1cccc(CN2CCC(Nc3cc(N(C)C)ncn3)C2)c1. The van der Waals surface area contributed by atoms with Crippen LogP contribution < -0.4 is 10.2 Å². The van der Waals surface area contributed by atoms with E-state index in [2.05, 4.69) is 51.4 Å². The summed E-state index contributed by atoms with van der Waals surface area (Å²) in [6.45, 7) is 5.34. The highest BCUT2D eigenvalue weighted by Gasteiger charge is 2.22. The summed E-state index contributed by atoms with van der Waals surface area (Å²) >= 11 is 0. The van der Waals surface area contributed by atoms with Crippen molar-refractivity contribution in [3.05, 3.63) is 47.8 Å². The van der Waals surface area contributed by atoms with Crippen LogP contribution in [-0.4, -0.2) is 48.1 Å². The van der Waals surface area contributed by atoms with Crippen molar-refractivity contribution < 1.29 is 0 Å². The minimum atomic E-state index is 0.449. The van der Waals surface area contributed by atoms with E-state index in [-0.39, 0.29) is 0 Å². The standard InChI is InChI=1S/C18H25N5/c1-14-5-4-6-15(9-14)11-23-8-7-16(12-23)21-17-10-18(22(2)3)20-13-19-17/h4-6,9-10,13,16H,7-8,11-12H2,1-3H3,(H,19,20,21). The highest BCUT2D eigenvalue weighted by Crippen LogP contribution is 2.19. The molecule has 122 valence electrons. The molecule has 1 fully saturated rings. The van der Waals surface area contributed by atoms with Gasteiger partial charge < -0.3 is 10.2 Å². The number of nitrogens with zero attached hydrogens (tertiary/aromatic N) is 4. The molecule has 3 rings (SSSR count). The van der Waals surface area contributed by atoms with Gasteiger partial charge in [-0.15, -0.1) is 0 Å². The van der Waals surface area contributed by atoms with E-state index in [1.807, 2.05) is 25.1 Å². The van der Waals surface area contributed by atoms with E-state index in [0.717, 1.165) is 37.7 Å². The number of rotatable bonds is 5. The molecule has 0 bridgehead atoms. The molecule has 0 aliphatic carbocycles. The van der Waals surface area contributed by atoms with Gasteiger partial charge in [0.1, 0.15) is 18.0 Å². The molecule has 1 aromatic carbocycles. The van der Waals surface area contributed by atoms with Gasteiger partial charge in [0, 0.05) is 45.8 Å². The Hall–Kier alpha value is -2.14. The van der Waals surface area contributed by atoms with Gasteiger partial charge in [0.05, 0.1) is 0 Å². The highest BCUT2D eigenvalue weighted by atomic mass is 15.2. The molecule has 1 saturated heterocycles. The Morgan fingerprint density at radius 3 is 2.91 bits per heavy atom. The fourth-order valence-corrected chi connectivity index (χ4v) is 3.04. The molecule has 0 saturated carbocycles. The third-order valence-electron chi connectivity index (χ3n) is 4.22. The lowest BCUT2D eigenvalue weighted by Gasteiger charge is -2.18. The molecule has 2 aromatic rings. The van der Waals surface area contributed by atoms with Gasteiger partial charge in [-0.2, -0.15) is 0 Å². The van der Waals surface area contributed by atoms with Crippen LogP contribution in [-0.2, 0) is 6.54 Å². The number of benzene rings is 1. The van der Waals surface area contributed by atoms with E-state index < -0.39 is 0 Å². The molecule has 5 heteroatoms. The summed E-state index contributed by atoms with van der Waals surface area (Å²) in [4.78, 5) is 13.1. The van der Waals surface area contributed by atoms with Crippen LogP contribution in [0.15, 0.2) is 36.7 Å².